The van der Waals surface area contributed by atoms with Crippen LogP contribution in [0.4, 0.5) is 0 Å². The molecule has 0 unspecified atom stereocenters. The van der Waals surface area contributed by atoms with Crippen LogP contribution in [0, 0.1) is 0 Å². The molecule has 0 aliphatic carbocycles. The summed E-state index contributed by atoms with van der Waals surface area (Å²) in [4.78, 5) is 12.2. The summed E-state index contributed by atoms with van der Waals surface area (Å²) in [6, 6.07) is 0. The van der Waals surface area contributed by atoms with Crippen LogP contribution in [-0.2, 0) is 19.0 Å². The lowest BCUT2D eigenvalue weighted by Crippen LogP contribution is -2.47. The summed E-state index contributed by atoms with van der Waals surface area (Å²) >= 11 is 0. The first-order valence-corrected chi connectivity index (χ1v) is 7.27. The Bertz CT molecular complexity index is 358. The summed E-state index contributed by atoms with van der Waals surface area (Å²) in [5.41, 5.74) is 0.876. The first-order chi connectivity index (χ1) is 10.6. The smallest absolute Gasteiger partial charge is 0.209 e. The molecule has 0 bridgehead atoms. The summed E-state index contributed by atoms with van der Waals surface area (Å²) < 4.78 is 15.4. The fraction of sp³-hybridized carbons (Fsp3) is 0.588. The van der Waals surface area contributed by atoms with Gasteiger partial charge in [0.25, 0.3) is 0 Å². The molecule has 1 aliphatic heterocycles. The number of methoxy groups -OCH3 is 3. The first-order valence-electron chi connectivity index (χ1n) is 7.27. The third-order valence-electron chi connectivity index (χ3n) is 3.60. The van der Waals surface area contributed by atoms with Gasteiger partial charge in [-0.25, -0.2) is 0 Å². The number of amides is 1. The zero-order valence-electron chi connectivity index (χ0n) is 14.0. The molecule has 0 aromatic carbocycles. The van der Waals surface area contributed by atoms with Crippen LogP contribution in [0.3, 0.4) is 0 Å². The van der Waals surface area contributed by atoms with Crippen LogP contribution in [0.15, 0.2) is 37.0 Å². The van der Waals surface area contributed by atoms with Crippen molar-refractivity contribution < 1.29 is 19.0 Å². The highest BCUT2D eigenvalue weighted by atomic mass is 16.5. The van der Waals surface area contributed by atoms with E-state index in [0.29, 0.717) is 13.2 Å². The van der Waals surface area contributed by atoms with E-state index in [1.165, 1.54) is 0 Å². The average molecular weight is 311 g/mol. The van der Waals surface area contributed by atoms with Crippen LogP contribution in [-0.4, -0.2) is 64.5 Å². The maximum Gasteiger partial charge on any atom is 0.209 e. The molecule has 0 saturated carbocycles. The van der Waals surface area contributed by atoms with Crippen molar-refractivity contribution in [2.75, 3.05) is 47.6 Å². The van der Waals surface area contributed by atoms with Gasteiger partial charge in [-0.15, -0.1) is 0 Å². The molecule has 1 rings (SSSR count). The summed E-state index contributed by atoms with van der Waals surface area (Å²) in [6.07, 6.45) is 7.95. The molecule has 22 heavy (non-hydrogen) atoms. The molecule has 1 amide bonds. The van der Waals surface area contributed by atoms with Crippen LogP contribution >= 0.6 is 0 Å². The van der Waals surface area contributed by atoms with Crippen molar-refractivity contribution in [2.45, 2.75) is 18.4 Å². The average Bonchev–Trinajstić information content (AvgIpc) is 2.56. The molecular weight excluding hydrogens is 282 g/mol. The van der Waals surface area contributed by atoms with Gasteiger partial charge in [0.05, 0.1) is 18.8 Å². The van der Waals surface area contributed by atoms with Crippen molar-refractivity contribution in [3.63, 3.8) is 0 Å². The van der Waals surface area contributed by atoms with Crippen molar-refractivity contribution in [1.82, 2.24) is 4.90 Å². The highest BCUT2D eigenvalue weighted by Gasteiger charge is 2.34. The monoisotopic (exact) mass is 311 g/mol. The lowest BCUT2D eigenvalue weighted by molar-refractivity contribution is -0.128. The lowest BCUT2D eigenvalue weighted by atomic mass is 9.92. The van der Waals surface area contributed by atoms with Crippen LogP contribution in [0.2, 0.25) is 0 Å². The van der Waals surface area contributed by atoms with E-state index in [2.05, 4.69) is 13.2 Å². The van der Waals surface area contributed by atoms with Gasteiger partial charge in [-0.2, -0.15) is 0 Å². The van der Waals surface area contributed by atoms with E-state index in [1.54, 1.807) is 38.4 Å². The second-order valence-electron chi connectivity index (χ2n) is 5.08. The quantitative estimate of drug-likeness (QED) is 0.509. The number of carbonyl (C=O) groups is 1. The number of piperidine rings is 1. The van der Waals surface area contributed by atoms with Crippen LogP contribution in [0.5, 0.6) is 0 Å². The molecule has 5 nitrogen and oxygen atoms in total. The minimum absolute atomic E-state index is 0.172. The SMILES string of the molecule is C=C/C=C(\C=C)COC.COCC1(OC)CCN(C=O)CC1. The maximum absolute atomic E-state index is 10.5. The van der Waals surface area contributed by atoms with Gasteiger partial charge in [0.15, 0.2) is 0 Å². The molecule has 126 valence electrons. The number of allylic oxidation sites excluding steroid dienone is 2. The fourth-order valence-corrected chi connectivity index (χ4v) is 2.20. The van der Waals surface area contributed by atoms with Crippen molar-refractivity contribution in [3.8, 4) is 0 Å². The van der Waals surface area contributed by atoms with Gasteiger partial charge >= 0.3 is 0 Å². The molecule has 0 atom stereocenters. The molecule has 5 heteroatoms. The van der Waals surface area contributed by atoms with Crippen LogP contribution in [0.1, 0.15) is 12.8 Å². The Kier molecular flexibility index (Phi) is 11.4. The first kappa shape index (κ1) is 20.6. The fourth-order valence-electron chi connectivity index (χ4n) is 2.20. The second-order valence-corrected chi connectivity index (χ2v) is 5.08. The van der Waals surface area contributed by atoms with E-state index in [9.17, 15) is 4.79 Å². The Hall–Kier alpha value is -1.43. The topological polar surface area (TPSA) is 48.0 Å². The van der Waals surface area contributed by atoms with Gasteiger partial charge in [-0.05, 0) is 18.4 Å². The highest BCUT2D eigenvalue weighted by molar-refractivity contribution is 5.47. The third kappa shape index (κ3) is 7.54. The number of ether oxygens (including phenoxy) is 3. The van der Waals surface area contributed by atoms with Gasteiger partial charge in [-0.3, -0.25) is 4.79 Å². The Labute approximate surface area is 134 Å². The van der Waals surface area contributed by atoms with Crippen LogP contribution < -0.4 is 0 Å². The zero-order valence-corrected chi connectivity index (χ0v) is 14.0. The van der Waals surface area contributed by atoms with E-state index in [-0.39, 0.29) is 5.60 Å². The van der Waals surface area contributed by atoms with Crippen LogP contribution in [0.25, 0.3) is 0 Å². The third-order valence-corrected chi connectivity index (χ3v) is 3.60. The Morgan fingerprint density at radius 1 is 1.18 bits per heavy atom. The summed E-state index contributed by atoms with van der Waals surface area (Å²) in [5, 5.41) is 0. The number of hydrogen-bond donors (Lipinski definition) is 0. The predicted molar refractivity (Wildman–Crippen MR) is 88.8 cm³/mol. The van der Waals surface area contributed by atoms with E-state index in [0.717, 1.165) is 37.9 Å². The normalized spacial score (nSPS) is 17.2. The molecule has 0 N–H and O–H groups in total. The minimum atomic E-state index is -0.172. The minimum Gasteiger partial charge on any atom is -0.382 e. The van der Waals surface area contributed by atoms with Crippen molar-refractivity contribution in [2.24, 2.45) is 0 Å². The van der Waals surface area contributed by atoms with Crippen molar-refractivity contribution >= 4 is 6.41 Å². The second kappa shape index (κ2) is 12.1. The Morgan fingerprint density at radius 2 is 1.82 bits per heavy atom. The summed E-state index contributed by atoms with van der Waals surface area (Å²) in [5.74, 6) is 0. The van der Waals surface area contributed by atoms with Gasteiger partial charge in [0, 0.05) is 34.4 Å². The Morgan fingerprint density at radius 3 is 2.18 bits per heavy atom. The standard InChI is InChI=1S/C9H17NO3.C8H12O/c1-12-7-9(13-2)3-5-10(8-11)6-4-9;1-4-6-8(5-2)7-9-3/h8H,3-7H2,1-2H3;4-6H,1-2,7H2,3H3/b;8-6+. The van der Waals surface area contributed by atoms with E-state index in [1.807, 2.05) is 6.08 Å². The van der Waals surface area contributed by atoms with Gasteiger partial charge in [0.1, 0.15) is 0 Å². The molecular formula is C17H29NO4. The molecule has 1 saturated heterocycles. The number of nitrogens with zero attached hydrogens (tertiary/aromatic N) is 1. The lowest BCUT2D eigenvalue weighted by Gasteiger charge is -2.38. The number of rotatable bonds is 8. The van der Waals surface area contributed by atoms with Gasteiger partial charge in [0.2, 0.25) is 6.41 Å². The van der Waals surface area contributed by atoms with E-state index in [4.69, 9.17) is 14.2 Å². The maximum atomic E-state index is 10.5. The van der Waals surface area contributed by atoms with Crippen molar-refractivity contribution in [1.29, 1.82) is 0 Å². The number of carbonyl (C=O) groups excluding carboxylic acids is 1. The molecule has 1 aliphatic rings. The van der Waals surface area contributed by atoms with E-state index >= 15 is 0 Å². The molecule has 0 radical (unpaired) electrons. The molecule has 1 heterocycles. The Balaban J connectivity index is 0.000000433. The molecule has 0 spiro atoms. The predicted octanol–water partition coefficient (Wildman–Crippen LogP) is 2.20. The van der Waals surface area contributed by atoms with Gasteiger partial charge in [-0.1, -0.05) is 31.4 Å². The highest BCUT2D eigenvalue weighted by Crippen LogP contribution is 2.25. The van der Waals surface area contributed by atoms with Crippen molar-refractivity contribution in [3.05, 3.63) is 37.0 Å². The zero-order chi connectivity index (χ0) is 16.8. The largest absolute Gasteiger partial charge is 0.382 e. The van der Waals surface area contributed by atoms with Gasteiger partial charge < -0.3 is 19.1 Å². The molecule has 0 aromatic heterocycles. The van der Waals surface area contributed by atoms with E-state index < -0.39 is 0 Å². The number of likely N-dealkylation sites (tertiary alicyclic amines) is 1. The summed E-state index contributed by atoms with van der Waals surface area (Å²) in [7, 11) is 5.03. The summed E-state index contributed by atoms with van der Waals surface area (Å²) in [6.45, 7) is 9.90. The molecule has 1 fully saturated rings. The molecule has 0 aromatic rings. The number of hydrogen-bond acceptors (Lipinski definition) is 4.